The number of rotatable bonds is 5. The number of aliphatic hydroxyl groups is 1. The van der Waals surface area contributed by atoms with Gasteiger partial charge in [0, 0.05) is 6.42 Å². The summed E-state index contributed by atoms with van der Waals surface area (Å²) < 4.78 is 10.8. The van der Waals surface area contributed by atoms with Crippen LogP contribution in [-0.4, -0.2) is 28.6 Å². The summed E-state index contributed by atoms with van der Waals surface area (Å²) in [5.41, 5.74) is -0.520. The molecule has 4 nitrogen and oxygen atoms in total. The molecule has 0 spiro atoms. The third-order valence-corrected chi connectivity index (χ3v) is 2.96. The molecule has 1 heterocycles. The van der Waals surface area contributed by atoms with E-state index in [1.165, 1.54) is 0 Å². The Kier molecular flexibility index (Phi) is 5.17. The highest BCUT2D eigenvalue weighted by atomic mass is 16.6. The maximum Gasteiger partial charge on any atom is 0.311 e. The molecular formula is C14H26O4. The molecule has 1 saturated heterocycles. The summed E-state index contributed by atoms with van der Waals surface area (Å²) in [5, 5.41) is 10.2. The van der Waals surface area contributed by atoms with E-state index in [9.17, 15) is 9.90 Å². The van der Waals surface area contributed by atoms with Crippen LogP contribution in [0.5, 0.6) is 0 Å². The van der Waals surface area contributed by atoms with Gasteiger partial charge in [-0.2, -0.15) is 0 Å². The lowest BCUT2D eigenvalue weighted by atomic mass is 10.1. The lowest BCUT2D eigenvalue weighted by molar-refractivity contribution is -0.209. The lowest BCUT2D eigenvalue weighted by Gasteiger charge is -2.25. The third-order valence-electron chi connectivity index (χ3n) is 2.96. The molecule has 0 aromatic rings. The molecule has 0 saturated carbocycles. The maximum atomic E-state index is 11.7. The van der Waals surface area contributed by atoms with Crippen molar-refractivity contribution in [2.45, 2.75) is 83.7 Å². The van der Waals surface area contributed by atoms with Gasteiger partial charge >= 0.3 is 5.97 Å². The van der Waals surface area contributed by atoms with Gasteiger partial charge in [0.2, 0.25) is 0 Å². The van der Waals surface area contributed by atoms with Gasteiger partial charge in [-0.1, -0.05) is 19.8 Å². The monoisotopic (exact) mass is 258 g/mol. The van der Waals surface area contributed by atoms with Crippen molar-refractivity contribution in [3.63, 3.8) is 0 Å². The zero-order valence-electron chi connectivity index (χ0n) is 12.0. The minimum Gasteiger partial charge on any atom is -0.460 e. The van der Waals surface area contributed by atoms with Crippen LogP contribution in [0.3, 0.4) is 0 Å². The second-order valence-electron chi connectivity index (χ2n) is 6.13. The molecule has 1 fully saturated rings. The van der Waals surface area contributed by atoms with Crippen molar-refractivity contribution in [2.75, 3.05) is 0 Å². The average Bonchev–Trinajstić information content (AvgIpc) is 2.53. The number of esters is 1. The van der Waals surface area contributed by atoms with Crippen LogP contribution in [0.4, 0.5) is 0 Å². The molecule has 0 radical (unpaired) electrons. The van der Waals surface area contributed by atoms with Crippen LogP contribution in [-0.2, 0) is 14.3 Å². The first-order chi connectivity index (χ1) is 8.24. The fourth-order valence-electron chi connectivity index (χ4n) is 2.18. The molecule has 0 aromatic carbocycles. The van der Waals surface area contributed by atoms with E-state index < -0.39 is 17.4 Å². The van der Waals surface area contributed by atoms with Gasteiger partial charge in [0.1, 0.15) is 5.60 Å². The SMILES string of the molecule is CCCCC1CCC(O)(CC(=O)OC(C)(C)C)O1. The molecule has 0 amide bonds. The van der Waals surface area contributed by atoms with Gasteiger partial charge in [0.15, 0.2) is 5.79 Å². The zero-order chi connectivity index (χ0) is 13.8. The van der Waals surface area contributed by atoms with Crippen LogP contribution < -0.4 is 0 Å². The van der Waals surface area contributed by atoms with Crippen LogP contribution in [0.1, 0.15) is 66.2 Å². The Balaban J connectivity index is 2.40. The fourth-order valence-corrected chi connectivity index (χ4v) is 2.18. The van der Waals surface area contributed by atoms with Crippen molar-refractivity contribution in [1.82, 2.24) is 0 Å². The summed E-state index contributed by atoms with van der Waals surface area (Å²) in [6.07, 6.45) is 4.50. The van der Waals surface area contributed by atoms with Gasteiger partial charge in [0.25, 0.3) is 0 Å². The second-order valence-corrected chi connectivity index (χ2v) is 6.13. The van der Waals surface area contributed by atoms with Gasteiger partial charge in [0.05, 0.1) is 12.5 Å². The van der Waals surface area contributed by atoms with Crippen LogP contribution in [0, 0.1) is 0 Å². The molecule has 0 aromatic heterocycles. The summed E-state index contributed by atoms with van der Waals surface area (Å²) >= 11 is 0. The Hall–Kier alpha value is -0.610. The molecule has 1 aliphatic rings. The smallest absolute Gasteiger partial charge is 0.311 e. The van der Waals surface area contributed by atoms with Crippen molar-refractivity contribution in [3.05, 3.63) is 0 Å². The van der Waals surface area contributed by atoms with E-state index in [1.54, 1.807) is 0 Å². The summed E-state index contributed by atoms with van der Waals surface area (Å²) in [5.74, 6) is -1.72. The molecule has 18 heavy (non-hydrogen) atoms. The first-order valence-electron chi connectivity index (χ1n) is 6.86. The van der Waals surface area contributed by atoms with Crippen LogP contribution in [0.25, 0.3) is 0 Å². The Bertz CT molecular complexity index is 282. The standard InChI is InChI=1S/C14H26O4/c1-5-6-7-11-8-9-14(16,17-11)10-12(15)18-13(2,3)4/h11,16H,5-10H2,1-4H3. The quantitative estimate of drug-likeness (QED) is 0.770. The highest BCUT2D eigenvalue weighted by molar-refractivity contribution is 5.70. The van der Waals surface area contributed by atoms with Crippen molar-refractivity contribution < 1.29 is 19.4 Å². The molecule has 1 aliphatic heterocycles. The fraction of sp³-hybridized carbons (Fsp3) is 0.929. The number of carbonyl (C=O) groups excluding carboxylic acids is 1. The highest BCUT2D eigenvalue weighted by Crippen LogP contribution is 2.33. The summed E-state index contributed by atoms with van der Waals surface area (Å²) in [4.78, 5) is 11.7. The van der Waals surface area contributed by atoms with Crippen LogP contribution in [0.2, 0.25) is 0 Å². The number of hydrogen-bond donors (Lipinski definition) is 1. The van der Waals surface area contributed by atoms with Crippen molar-refractivity contribution in [3.8, 4) is 0 Å². The Morgan fingerprint density at radius 3 is 2.72 bits per heavy atom. The van der Waals surface area contributed by atoms with Gasteiger partial charge in [-0.3, -0.25) is 4.79 Å². The first-order valence-corrected chi connectivity index (χ1v) is 6.86. The number of unbranched alkanes of at least 4 members (excludes halogenated alkanes) is 1. The van der Waals surface area contributed by atoms with E-state index in [0.29, 0.717) is 6.42 Å². The Morgan fingerprint density at radius 1 is 1.50 bits per heavy atom. The van der Waals surface area contributed by atoms with Crippen molar-refractivity contribution in [1.29, 1.82) is 0 Å². The predicted octanol–water partition coefficient (Wildman–Crippen LogP) is 2.78. The number of hydrogen-bond acceptors (Lipinski definition) is 4. The molecule has 0 bridgehead atoms. The van der Waals surface area contributed by atoms with Gasteiger partial charge in [-0.15, -0.1) is 0 Å². The minimum absolute atomic E-state index is 0.0765. The van der Waals surface area contributed by atoms with E-state index in [2.05, 4.69) is 6.92 Å². The normalized spacial score (nSPS) is 28.4. The topological polar surface area (TPSA) is 55.8 Å². The largest absolute Gasteiger partial charge is 0.460 e. The second kappa shape index (κ2) is 6.02. The number of carbonyl (C=O) groups is 1. The molecule has 4 heteroatoms. The molecule has 106 valence electrons. The number of ether oxygens (including phenoxy) is 2. The first kappa shape index (κ1) is 15.4. The third kappa shape index (κ3) is 5.36. The molecule has 1 rings (SSSR count). The maximum absolute atomic E-state index is 11.7. The van der Waals surface area contributed by atoms with Crippen molar-refractivity contribution >= 4 is 5.97 Å². The van der Waals surface area contributed by atoms with Gasteiger partial charge in [-0.25, -0.2) is 0 Å². The Labute approximate surface area is 110 Å². The summed E-state index contributed by atoms with van der Waals surface area (Å²) in [7, 11) is 0. The van der Waals surface area contributed by atoms with Gasteiger partial charge in [-0.05, 0) is 33.6 Å². The highest BCUT2D eigenvalue weighted by Gasteiger charge is 2.40. The molecule has 2 unspecified atom stereocenters. The molecule has 1 N–H and O–H groups in total. The lowest BCUT2D eigenvalue weighted by Crippen LogP contribution is -2.35. The average molecular weight is 258 g/mol. The molecule has 0 aliphatic carbocycles. The van der Waals surface area contributed by atoms with Crippen LogP contribution in [0.15, 0.2) is 0 Å². The summed E-state index contributed by atoms with van der Waals surface area (Å²) in [6.45, 7) is 7.57. The Morgan fingerprint density at radius 2 is 2.17 bits per heavy atom. The predicted molar refractivity (Wildman–Crippen MR) is 69.0 cm³/mol. The van der Waals surface area contributed by atoms with E-state index in [0.717, 1.165) is 25.7 Å². The van der Waals surface area contributed by atoms with E-state index >= 15 is 0 Å². The van der Waals surface area contributed by atoms with E-state index in [-0.39, 0.29) is 12.5 Å². The summed E-state index contributed by atoms with van der Waals surface area (Å²) in [6, 6.07) is 0. The minimum atomic E-state index is -1.32. The van der Waals surface area contributed by atoms with E-state index in [1.807, 2.05) is 20.8 Å². The zero-order valence-corrected chi connectivity index (χ0v) is 12.0. The molecule has 2 atom stereocenters. The van der Waals surface area contributed by atoms with Crippen molar-refractivity contribution in [2.24, 2.45) is 0 Å². The molecular weight excluding hydrogens is 232 g/mol. The van der Waals surface area contributed by atoms with Gasteiger partial charge < -0.3 is 14.6 Å². The van der Waals surface area contributed by atoms with Crippen LogP contribution >= 0.6 is 0 Å². The van der Waals surface area contributed by atoms with E-state index in [4.69, 9.17) is 9.47 Å².